The van der Waals surface area contributed by atoms with Crippen molar-refractivity contribution < 1.29 is 19.4 Å². The maximum atomic E-state index is 10.7. The van der Waals surface area contributed by atoms with Gasteiger partial charge in [0.1, 0.15) is 11.5 Å². The van der Waals surface area contributed by atoms with E-state index in [0.717, 1.165) is 19.3 Å². The third-order valence-corrected chi connectivity index (χ3v) is 2.94. The molecule has 0 saturated carbocycles. The molecule has 1 aliphatic heterocycles. The molecule has 4 heteroatoms. The monoisotopic (exact) mass is 236 g/mol. The SMILES string of the molecule is Cc1c(OC2CCCCO2)ccc(C=O)c1O. The van der Waals surface area contributed by atoms with Crippen LogP contribution in [0.4, 0.5) is 0 Å². The Morgan fingerprint density at radius 1 is 1.47 bits per heavy atom. The normalized spacial score (nSPS) is 19.9. The van der Waals surface area contributed by atoms with Crippen LogP contribution >= 0.6 is 0 Å². The Morgan fingerprint density at radius 3 is 2.94 bits per heavy atom. The molecule has 1 heterocycles. The van der Waals surface area contributed by atoms with E-state index >= 15 is 0 Å². The van der Waals surface area contributed by atoms with Gasteiger partial charge in [-0.2, -0.15) is 0 Å². The van der Waals surface area contributed by atoms with Gasteiger partial charge in [0.25, 0.3) is 0 Å². The molecule has 92 valence electrons. The van der Waals surface area contributed by atoms with Crippen molar-refractivity contribution in [2.75, 3.05) is 6.61 Å². The van der Waals surface area contributed by atoms with E-state index in [1.165, 1.54) is 0 Å². The second-order valence-corrected chi connectivity index (χ2v) is 4.16. The summed E-state index contributed by atoms with van der Waals surface area (Å²) in [4.78, 5) is 10.7. The van der Waals surface area contributed by atoms with Crippen LogP contribution in [0.3, 0.4) is 0 Å². The lowest BCUT2D eigenvalue weighted by molar-refractivity contribution is -0.106. The fraction of sp³-hybridized carbons (Fsp3) is 0.462. The summed E-state index contributed by atoms with van der Waals surface area (Å²) in [6.07, 6.45) is 3.39. The van der Waals surface area contributed by atoms with Gasteiger partial charge in [-0.15, -0.1) is 0 Å². The predicted molar refractivity (Wildman–Crippen MR) is 62.5 cm³/mol. The second-order valence-electron chi connectivity index (χ2n) is 4.16. The zero-order chi connectivity index (χ0) is 12.3. The fourth-order valence-corrected chi connectivity index (χ4v) is 1.87. The minimum Gasteiger partial charge on any atom is -0.507 e. The highest BCUT2D eigenvalue weighted by Crippen LogP contribution is 2.31. The number of rotatable bonds is 3. The summed E-state index contributed by atoms with van der Waals surface area (Å²) in [5.74, 6) is 0.549. The minimum atomic E-state index is -0.246. The molecule has 17 heavy (non-hydrogen) atoms. The number of hydrogen-bond acceptors (Lipinski definition) is 4. The second kappa shape index (κ2) is 5.19. The van der Waals surface area contributed by atoms with Gasteiger partial charge in [-0.1, -0.05) is 0 Å². The quantitative estimate of drug-likeness (QED) is 0.819. The Labute approximate surface area is 100 Å². The summed E-state index contributed by atoms with van der Waals surface area (Å²) in [5, 5.41) is 9.76. The van der Waals surface area contributed by atoms with E-state index in [4.69, 9.17) is 9.47 Å². The number of carbonyl (C=O) groups excluding carboxylic acids is 1. The first-order valence-corrected chi connectivity index (χ1v) is 5.78. The molecule has 1 aromatic carbocycles. The van der Waals surface area contributed by atoms with Crippen LogP contribution in [0.25, 0.3) is 0 Å². The van der Waals surface area contributed by atoms with Gasteiger partial charge in [0.2, 0.25) is 0 Å². The van der Waals surface area contributed by atoms with Crippen LogP contribution in [0.1, 0.15) is 35.2 Å². The van der Waals surface area contributed by atoms with Gasteiger partial charge in [0.15, 0.2) is 12.6 Å². The van der Waals surface area contributed by atoms with Crippen LogP contribution in [-0.4, -0.2) is 24.3 Å². The van der Waals surface area contributed by atoms with Gasteiger partial charge in [0, 0.05) is 12.0 Å². The summed E-state index contributed by atoms with van der Waals surface area (Å²) in [6.45, 7) is 2.43. The Morgan fingerprint density at radius 2 is 2.29 bits per heavy atom. The van der Waals surface area contributed by atoms with Gasteiger partial charge in [-0.3, -0.25) is 4.79 Å². The van der Waals surface area contributed by atoms with E-state index in [1.54, 1.807) is 19.1 Å². The molecule has 0 aromatic heterocycles. The van der Waals surface area contributed by atoms with E-state index in [9.17, 15) is 9.90 Å². The van der Waals surface area contributed by atoms with Crippen LogP contribution in [-0.2, 0) is 4.74 Å². The molecule has 1 saturated heterocycles. The first kappa shape index (κ1) is 11.9. The van der Waals surface area contributed by atoms with Gasteiger partial charge in [-0.25, -0.2) is 0 Å². The summed E-state index contributed by atoms with van der Waals surface area (Å²) in [5.41, 5.74) is 0.850. The Hall–Kier alpha value is -1.55. The Bertz CT molecular complexity index is 408. The van der Waals surface area contributed by atoms with Crippen molar-refractivity contribution in [1.29, 1.82) is 0 Å². The predicted octanol–water partition coefficient (Wildman–Crippen LogP) is 2.42. The first-order valence-electron chi connectivity index (χ1n) is 5.78. The van der Waals surface area contributed by atoms with E-state index in [-0.39, 0.29) is 17.6 Å². The van der Waals surface area contributed by atoms with Gasteiger partial charge < -0.3 is 14.6 Å². The molecule has 1 aliphatic rings. The largest absolute Gasteiger partial charge is 0.507 e. The maximum absolute atomic E-state index is 10.7. The molecule has 1 fully saturated rings. The number of aldehydes is 1. The highest BCUT2D eigenvalue weighted by Gasteiger charge is 2.17. The minimum absolute atomic E-state index is 0.0201. The fourth-order valence-electron chi connectivity index (χ4n) is 1.87. The third kappa shape index (κ3) is 2.58. The Kier molecular flexibility index (Phi) is 3.64. The summed E-state index contributed by atoms with van der Waals surface area (Å²) in [6, 6.07) is 3.24. The van der Waals surface area contributed by atoms with Crippen molar-refractivity contribution in [1.82, 2.24) is 0 Å². The van der Waals surface area contributed by atoms with Crippen LogP contribution in [0.2, 0.25) is 0 Å². The third-order valence-electron chi connectivity index (χ3n) is 2.94. The Balaban J connectivity index is 2.15. The summed E-state index contributed by atoms with van der Waals surface area (Å²) >= 11 is 0. The van der Waals surface area contributed by atoms with E-state index in [2.05, 4.69) is 0 Å². The lowest BCUT2D eigenvalue weighted by atomic mass is 10.1. The van der Waals surface area contributed by atoms with Gasteiger partial charge in [0.05, 0.1) is 12.2 Å². The molecule has 1 N–H and O–H groups in total. The van der Waals surface area contributed by atoms with Crippen molar-refractivity contribution >= 4 is 6.29 Å². The van der Waals surface area contributed by atoms with Crippen LogP contribution in [0.15, 0.2) is 12.1 Å². The van der Waals surface area contributed by atoms with Crippen LogP contribution < -0.4 is 4.74 Å². The number of carbonyl (C=O) groups is 1. The summed E-state index contributed by atoms with van der Waals surface area (Å²) in [7, 11) is 0. The van der Waals surface area contributed by atoms with Gasteiger partial charge >= 0.3 is 0 Å². The number of hydrogen-bond donors (Lipinski definition) is 1. The highest BCUT2D eigenvalue weighted by molar-refractivity contribution is 5.80. The van der Waals surface area contributed by atoms with Crippen molar-refractivity contribution in [2.24, 2.45) is 0 Å². The molecule has 4 nitrogen and oxygen atoms in total. The topological polar surface area (TPSA) is 55.8 Å². The van der Waals surface area contributed by atoms with E-state index in [1.807, 2.05) is 0 Å². The molecule has 0 radical (unpaired) electrons. The van der Waals surface area contributed by atoms with E-state index < -0.39 is 0 Å². The first-order chi connectivity index (χ1) is 8.22. The number of phenols is 1. The average Bonchev–Trinajstić information content (AvgIpc) is 2.37. The zero-order valence-corrected chi connectivity index (χ0v) is 9.81. The average molecular weight is 236 g/mol. The zero-order valence-electron chi connectivity index (χ0n) is 9.81. The molecule has 0 amide bonds. The van der Waals surface area contributed by atoms with Crippen LogP contribution in [0.5, 0.6) is 11.5 Å². The molecule has 2 rings (SSSR count). The molecular formula is C13H16O4. The molecule has 1 unspecified atom stereocenters. The van der Waals surface area contributed by atoms with E-state index in [0.29, 0.717) is 24.2 Å². The molecule has 0 spiro atoms. The van der Waals surface area contributed by atoms with Crippen molar-refractivity contribution in [3.8, 4) is 11.5 Å². The highest BCUT2D eigenvalue weighted by atomic mass is 16.7. The number of benzene rings is 1. The molecule has 1 aromatic rings. The molecule has 0 aliphatic carbocycles. The van der Waals surface area contributed by atoms with Crippen molar-refractivity contribution in [3.63, 3.8) is 0 Å². The standard InChI is InChI=1S/C13H16O4/c1-9-11(6-5-10(8-14)13(9)15)17-12-4-2-3-7-16-12/h5-6,8,12,15H,2-4,7H2,1H3. The molecular weight excluding hydrogens is 220 g/mol. The number of aromatic hydroxyl groups is 1. The van der Waals surface area contributed by atoms with Gasteiger partial charge in [-0.05, 0) is 31.9 Å². The van der Waals surface area contributed by atoms with Crippen molar-refractivity contribution in [3.05, 3.63) is 23.3 Å². The number of ether oxygens (including phenoxy) is 2. The lowest BCUT2D eigenvalue weighted by Crippen LogP contribution is -2.25. The number of phenolic OH excluding ortho intramolecular Hbond substituents is 1. The maximum Gasteiger partial charge on any atom is 0.199 e. The molecule has 0 bridgehead atoms. The van der Waals surface area contributed by atoms with Crippen molar-refractivity contribution in [2.45, 2.75) is 32.5 Å². The lowest BCUT2D eigenvalue weighted by Gasteiger charge is -2.24. The molecule has 1 atom stereocenters. The summed E-state index contributed by atoms with van der Waals surface area (Å²) < 4.78 is 11.1. The van der Waals surface area contributed by atoms with Crippen LogP contribution in [0, 0.1) is 6.92 Å². The smallest absolute Gasteiger partial charge is 0.199 e.